The average molecular weight is 369 g/mol. The summed E-state index contributed by atoms with van der Waals surface area (Å²) >= 11 is 0. The summed E-state index contributed by atoms with van der Waals surface area (Å²) in [5, 5.41) is 10.6. The van der Waals surface area contributed by atoms with Crippen LogP contribution in [0.15, 0.2) is 88.7 Å². The Morgan fingerprint density at radius 1 is 0.808 bits per heavy atom. The van der Waals surface area contributed by atoms with E-state index in [-0.39, 0.29) is 22.1 Å². The number of non-ortho nitro benzene ring substituents is 1. The minimum atomic E-state index is -3.54. The Bertz CT molecular complexity index is 998. The van der Waals surface area contributed by atoms with Crippen molar-refractivity contribution in [2.75, 3.05) is 0 Å². The molecular formula is C19H15NO5S. The summed E-state index contributed by atoms with van der Waals surface area (Å²) in [7, 11) is -3.54. The Balaban J connectivity index is 1.69. The van der Waals surface area contributed by atoms with Crippen LogP contribution in [0.1, 0.15) is 5.56 Å². The molecule has 0 aliphatic heterocycles. The zero-order valence-electron chi connectivity index (χ0n) is 13.6. The van der Waals surface area contributed by atoms with Crippen molar-refractivity contribution in [2.24, 2.45) is 0 Å². The Labute approximate surface area is 150 Å². The van der Waals surface area contributed by atoms with Crippen molar-refractivity contribution in [3.8, 4) is 5.75 Å². The Morgan fingerprint density at radius 2 is 1.38 bits per heavy atom. The largest absolute Gasteiger partial charge is 0.489 e. The lowest BCUT2D eigenvalue weighted by Gasteiger charge is -2.08. The second kappa shape index (κ2) is 7.37. The lowest BCUT2D eigenvalue weighted by Crippen LogP contribution is -2.02. The van der Waals surface area contributed by atoms with Gasteiger partial charge in [-0.2, -0.15) is 0 Å². The number of nitro benzene ring substituents is 1. The standard InChI is InChI=1S/C19H15NO5S/c21-20(22)16-8-10-17(11-9-16)25-14-15-6-12-19(13-7-15)26(23,24)18-4-2-1-3-5-18/h1-13H,14H2. The van der Waals surface area contributed by atoms with Gasteiger partial charge in [-0.15, -0.1) is 0 Å². The third-order valence-corrected chi connectivity index (χ3v) is 5.53. The lowest BCUT2D eigenvalue weighted by molar-refractivity contribution is -0.384. The molecule has 0 spiro atoms. The van der Waals surface area contributed by atoms with Crippen LogP contribution in [-0.2, 0) is 16.4 Å². The summed E-state index contributed by atoms with van der Waals surface area (Å²) in [6.45, 7) is 0.226. The van der Waals surface area contributed by atoms with Crippen LogP contribution in [-0.4, -0.2) is 13.3 Å². The molecule has 0 radical (unpaired) electrons. The normalized spacial score (nSPS) is 11.1. The Kier molecular flexibility index (Phi) is 4.99. The summed E-state index contributed by atoms with van der Waals surface area (Å²) in [6, 6.07) is 20.4. The molecule has 3 aromatic carbocycles. The monoisotopic (exact) mass is 369 g/mol. The summed E-state index contributed by atoms with van der Waals surface area (Å²) in [4.78, 5) is 10.6. The molecule has 0 amide bonds. The van der Waals surface area contributed by atoms with Gasteiger partial charge in [0.2, 0.25) is 9.84 Å². The highest BCUT2D eigenvalue weighted by molar-refractivity contribution is 7.91. The minimum Gasteiger partial charge on any atom is -0.489 e. The van der Waals surface area contributed by atoms with E-state index in [9.17, 15) is 18.5 Å². The molecule has 0 bridgehead atoms. The van der Waals surface area contributed by atoms with Gasteiger partial charge in [-0.25, -0.2) is 8.42 Å². The molecule has 0 saturated heterocycles. The van der Waals surface area contributed by atoms with E-state index in [2.05, 4.69) is 0 Å². The maximum atomic E-state index is 12.5. The van der Waals surface area contributed by atoms with Crippen LogP contribution in [0.2, 0.25) is 0 Å². The van der Waals surface area contributed by atoms with Crippen LogP contribution < -0.4 is 4.74 Å². The molecule has 0 aliphatic carbocycles. The second-order valence-electron chi connectivity index (χ2n) is 5.50. The van der Waals surface area contributed by atoms with Crippen LogP contribution in [0.3, 0.4) is 0 Å². The average Bonchev–Trinajstić information content (AvgIpc) is 2.67. The first-order valence-electron chi connectivity index (χ1n) is 7.73. The SMILES string of the molecule is O=[N+]([O-])c1ccc(OCc2ccc(S(=O)(=O)c3ccccc3)cc2)cc1. The van der Waals surface area contributed by atoms with Gasteiger partial charge in [0.15, 0.2) is 0 Å². The van der Waals surface area contributed by atoms with Gasteiger partial charge in [0.1, 0.15) is 12.4 Å². The fourth-order valence-electron chi connectivity index (χ4n) is 2.33. The van der Waals surface area contributed by atoms with Crippen molar-refractivity contribution >= 4 is 15.5 Å². The molecule has 0 aliphatic rings. The highest BCUT2D eigenvalue weighted by Gasteiger charge is 2.16. The van der Waals surface area contributed by atoms with E-state index in [0.29, 0.717) is 5.75 Å². The van der Waals surface area contributed by atoms with Gasteiger partial charge < -0.3 is 4.74 Å². The Hall–Kier alpha value is -3.19. The van der Waals surface area contributed by atoms with Gasteiger partial charge in [-0.05, 0) is 42.0 Å². The number of ether oxygens (including phenoxy) is 1. The first kappa shape index (κ1) is 17.6. The zero-order valence-corrected chi connectivity index (χ0v) is 14.4. The third-order valence-electron chi connectivity index (χ3n) is 3.74. The lowest BCUT2D eigenvalue weighted by atomic mass is 10.2. The highest BCUT2D eigenvalue weighted by atomic mass is 32.2. The number of rotatable bonds is 6. The first-order valence-corrected chi connectivity index (χ1v) is 9.21. The molecule has 0 N–H and O–H groups in total. The fourth-order valence-corrected chi connectivity index (χ4v) is 3.61. The Morgan fingerprint density at radius 3 is 1.96 bits per heavy atom. The van der Waals surface area contributed by atoms with E-state index in [4.69, 9.17) is 4.74 Å². The predicted octanol–water partition coefficient (Wildman–Crippen LogP) is 4.01. The molecule has 0 aromatic heterocycles. The van der Waals surface area contributed by atoms with Crippen LogP contribution >= 0.6 is 0 Å². The number of sulfone groups is 1. The fraction of sp³-hybridized carbons (Fsp3) is 0.0526. The van der Waals surface area contributed by atoms with E-state index in [1.54, 1.807) is 42.5 Å². The van der Waals surface area contributed by atoms with Crippen LogP contribution in [0, 0.1) is 10.1 Å². The summed E-state index contributed by atoms with van der Waals surface area (Å²) < 4.78 is 30.6. The van der Waals surface area contributed by atoms with E-state index in [0.717, 1.165) is 5.56 Å². The summed E-state index contributed by atoms with van der Waals surface area (Å²) in [6.07, 6.45) is 0. The molecule has 0 unspecified atom stereocenters. The molecule has 0 fully saturated rings. The number of benzene rings is 3. The van der Waals surface area contributed by atoms with Gasteiger partial charge in [-0.1, -0.05) is 30.3 Å². The number of hydrogen-bond acceptors (Lipinski definition) is 5. The third kappa shape index (κ3) is 3.89. The van der Waals surface area contributed by atoms with Gasteiger partial charge >= 0.3 is 0 Å². The molecule has 3 rings (SSSR count). The quantitative estimate of drug-likeness (QED) is 0.484. The van der Waals surface area contributed by atoms with Crippen molar-refractivity contribution in [3.63, 3.8) is 0 Å². The maximum absolute atomic E-state index is 12.5. The summed E-state index contributed by atoms with van der Waals surface area (Å²) in [5.41, 5.74) is 0.781. The predicted molar refractivity (Wildman–Crippen MR) is 95.8 cm³/mol. The van der Waals surface area contributed by atoms with Gasteiger partial charge in [0.25, 0.3) is 5.69 Å². The highest BCUT2D eigenvalue weighted by Crippen LogP contribution is 2.22. The molecule has 7 heteroatoms. The molecule has 0 atom stereocenters. The van der Waals surface area contributed by atoms with Crippen LogP contribution in [0.4, 0.5) is 5.69 Å². The van der Waals surface area contributed by atoms with Crippen molar-refractivity contribution in [2.45, 2.75) is 16.4 Å². The molecule has 0 heterocycles. The van der Waals surface area contributed by atoms with Crippen molar-refractivity contribution < 1.29 is 18.1 Å². The minimum absolute atomic E-state index is 0.00665. The van der Waals surface area contributed by atoms with E-state index in [1.807, 2.05) is 0 Å². The molecule has 132 valence electrons. The van der Waals surface area contributed by atoms with E-state index >= 15 is 0 Å². The molecule has 0 saturated carbocycles. The van der Waals surface area contributed by atoms with Crippen molar-refractivity contribution in [3.05, 3.63) is 94.5 Å². The first-order chi connectivity index (χ1) is 12.5. The summed E-state index contributed by atoms with van der Waals surface area (Å²) in [5.74, 6) is 0.497. The molecule has 3 aromatic rings. The van der Waals surface area contributed by atoms with E-state index < -0.39 is 14.8 Å². The smallest absolute Gasteiger partial charge is 0.269 e. The number of nitrogens with zero attached hydrogens (tertiary/aromatic N) is 1. The molecule has 6 nitrogen and oxygen atoms in total. The number of nitro groups is 1. The zero-order chi connectivity index (χ0) is 18.6. The van der Waals surface area contributed by atoms with Crippen LogP contribution in [0.5, 0.6) is 5.75 Å². The maximum Gasteiger partial charge on any atom is 0.269 e. The van der Waals surface area contributed by atoms with Crippen LogP contribution in [0.25, 0.3) is 0 Å². The molecular weight excluding hydrogens is 354 g/mol. The topological polar surface area (TPSA) is 86.5 Å². The molecule has 26 heavy (non-hydrogen) atoms. The van der Waals surface area contributed by atoms with Gasteiger partial charge in [-0.3, -0.25) is 10.1 Å². The number of hydrogen-bond donors (Lipinski definition) is 0. The second-order valence-corrected chi connectivity index (χ2v) is 7.45. The van der Waals surface area contributed by atoms with E-state index in [1.165, 1.54) is 36.4 Å². The van der Waals surface area contributed by atoms with Gasteiger partial charge in [0.05, 0.1) is 14.7 Å². The van der Waals surface area contributed by atoms with Crippen molar-refractivity contribution in [1.82, 2.24) is 0 Å². The van der Waals surface area contributed by atoms with Gasteiger partial charge in [0, 0.05) is 12.1 Å². The van der Waals surface area contributed by atoms with Crippen molar-refractivity contribution in [1.29, 1.82) is 0 Å².